The average Bonchev–Trinajstić information content (AvgIpc) is 2.37. The summed E-state index contributed by atoms with van der Waals surface area (Å²) in [5, 5.41) is 2.37. The molecule has 0 aliphatic carbocycles. The summed E-state index contributed by atoms with van der Waals surface area (Å²) in [7, 11) is 0. The van der Waals surface area contributed by atoms with E-state index in [-0.39, 0.29) is 17.5 Å². The Morgan fingerprint density at radius 1 is 1.37 bits per heavy atom. The van der Waals surface area contributed by atoms with Crippen LogP contribution in [-0.4, -0.2) is 17.8 Å². The summed E-state index contributed by atoms with van der Waals surface area (Å²) in [6, 6.07) is 4.72. The molecule has 0 aliphatic rings. The molecule has 0 fully saturated rings. The van der Waals surface area contributed by atoms with Crippen molar-refractivity contribution in [1.29, 1.82) is 0 Å². The minimum atomic E-state index is -4.54. The molecule has 0 bridgehead atoms. The van der Waals surface area contributed by atoms with E-state index in [1.54, 1.807) is 0 Å². The molecule has 1 unspecified atom stereocenters. The van der Waals surface area contributed by atoms with Gasteiger partial charge in [0.05, 0.1) is 11.1 Å². The lowest BCUT2D eigenvalue weighted by Gasteiger charge is -2.13. The first-order valence-electron chi connectivity index (χ1n) is 5.94. The van der Waals surface area contributed by atoms with E-state index in [1.165, 1.54) is 12.1 Å². The second-order valence-electron chi connectivity index (χ2n) is 4.09. The molecule has 0 heterocycles. The second-order valence-corrected chi connectivity index (χ2v) is 4.71. The Balaban J connectivity index is 2.72. The number of rotatable bonds is 5. The Morgan fingerprint density at radius 3 is 2.58 bits per heavy atom. The van der Waals surface area contributed by atoms with Gasteiger partial charge in [0.25, 0.3) is 5.91 Å². The van der Waals surface area contributed by atoms with Crippen LogP contribution >= 0.6 is 11.6 Å². The number of hydrogen-bond acceptors (Lipinski definition) is 1. The molecule has 0 saturated carbocycles. The zero-order valence-corrected chi connectivity index (χ0v) is 11.2. The van der Waals surface area contributed by atoms with Crippen LogP contribution in [0.25, 0.3) is 0 Å². The topological polar surface area (TPSA) is 29.1 Å². The number of benzene rings is 1. The molecule has 6 heteroatoms. The van der Waals surface area contributed by atoms with Crippen molar-refractivity contribution in [2.75, 3.05) is 6.54 Å². The summed E-state index contributed by atoms with van der Waals surface area (Å²) < 4.78 is 38.1. The number of carbonyl (C=O) groups excluding carboxylic acids is 1. The molecule has 2 nitrogen and oxygen atoms in total. The Labute approximate surface area is 114 Å². The Hall–Kier alpha value is -1.23. The van der Waals surface area contributed by atoms with Crippen LogP contribution in [0.1, 0.15) is 35.7 Å². The second kappa shape index (κ2) is 6.80. The van der Waals surface area contributed by atoms with E-state index in [9.17, 15) is 18.0 Å². The van der Waals surface area contributed by atoms with Gasteiger partial charge in [0, 0.05) is 11.9 Å². The summed E-state index contributed by atoms with van der Waals surface area (Å²) in [6.07, 6.45) is -3.26. The van der Waals surface area contributed by atoms with E-state index in [0.29, 0.717) is 6.42 Å². The lowest BCUT2D eigenvalue weighted by Crippen LogP contribution is -2.28. The van der Waals surface area contributed by atoms with E-state index in [2.05, 4.69) is 5.32 Å². The maximum atomic E-state index is 12.7. The fraction of sp³-hybridized carbons (Fsp3) is 0.462. The normalized spacial score (nSPS) is 13.1. The molecule has 1 amide bonds. The summed E-state index contributed by atoms with van der Waals surface area (Å²) in [6.45, 7) is 2.16. The van der Waals surface area contributed by atoms with Crippen molar-refractivity contribution in [3.8, 4) is 0 Å². The highest BCUT2D eigenvalue weighted by Gasteiger charge is 2.34. The molecule has 0 radical (unpaired) electrons. The molecular formula is C13H15ClF3NO. The zero-order valence-electron chi connectivity index (χ0n) is 10.4. The standard InChI is InChI=1S/C13H15ClF3NO/c1-2-9(14)7-8-18-12(19)10-5-3-4-6-11(10)13(15,16)17/h3-6,9H,2,7-8H2,1H3,(H,18,19). The maximum Gasteiger partial charge on any atom is 0.417 e. The van der Waals surface area contributed by atoms with Gasteiger partial charge in [-0.05, 0) is 25.0 Å². The van der Waals surface area contributed by atoms with Crippen molar-refractivity contribution in [1.82, 2.24) is 5.32 Å². The van der Waals surface area contributed by atoms with E-state index >= 15 is 0 Å². The predicted molar refractivity (Wildman–Crippen MR) is 68.3 cm³/mol. The van der Waals surface area contributed by atoms with Crippen LogP contribution in [0.3, 0.4) is 0 Å². The fourth-order valence-electron chi connectivity index (χ4n) is 1.57. The summed E-state index contributed by atoms with van der Waals surface area (Å²) >= 11 is 5.87. The van der Waals surface area contributed by atoms with Crippen molar-refractivity contribution >= 4 is 17.5 Å². The van der Waals surface area contributed by atoms with Gasteiger partial charge in [-0.2, -0.15) is 13.2 Å². The number of amides is 1. The highest BCUT2D eigenvalue weighted by Crippen LogP contribution is 2.31. The minimum Gasteiger partial charge on any atom is -0.352 e. The van der Waals surface area contributed by atoms with Gasteiger partial charge in [-0.15, -0.1) is 11.6 Å². The number of alkyl halides is 4. The van der Waals surface area contributed by atoms with Crippen molar-refractivity contribution < 1.29 is 18.0 Å². The van der Waals surface area contributed by atoms with Gasteiger partial charge in [-0.3, -0.25) is 4.79 Å². The van der Waals surface area contributed by atoms with Crippen LogP contribution in [0.4, 0.5) is 13.2 Å². The van der Waals surface area contributed by atoms with E-state index < -0.39 is 17.6 Å². The molecule has 0 aromatic heterocycles. The summed E-state index contributed by atoms with van der Waals surface area (Å²) in [5.41, 5.74) is -1.29. The molecule has 1 aromatic rings. The van der Waals surface area contributed by atoms with Crippen LogP contribution < -0.4 is 5.32 Å². The first kappa shape index (κ1) is 15.8. The van der Waals surface area contributed by atoms with Gasteiger partial charge in [-0.25, -0.2) is 0 Å². The van der Waals surface area contributed by atoms with Crippen molar-refractivity contribution in [3.63, 3.8) is 0 Å². The molecule has 1 rings (SSSR count). The average molecular weight is 294 g/mol. The van der Waals surface area contributed by atoms with Crippen molar-refractivity contribution in [3.05, 3.63) is 35.4 Å². The maximum absolute atomic E-state index is 12.7. The first-order chi connectivity index (χ1) is 8.86. The largest absolute Gasteiger partial charge is 0.417 e. The first-order valence-corrected chi connectivity index (χ1v) is 6.38. The van der Waals surface area contributed by atoms with Gasteiger partial charge in [-0.1, -0.05) is 19.1 Å². The molecule has 0 aliphatic heterocycles. The lowest BCUT2D eigenvalue weighted by molar-refractivity contribution is -0.137. The van der Waals surface area contributed by atoms with Crippen molar-refractivity contribution in [2.24, 2.45) is 0 Å². The zero-order chi connectivity index (χ0) is 14.5. The highest BCUT2D eigenvalue weighted by atomic mass is 35.5. The third-order valence-electron chi connectivity index (χ3n) is 2.66. The molecule has 1 aromatic carbocycles. The molecule has 0 spiro atoms. The fourth-order valence-corrected chi connectivity index (χ4v) is 1.68. The minimum absolute atomic E-state index is 0.0850. The smallest absolute Gasteiger partial charge is 0.352 e. The number of hydrogen-bond donors (Lipinski definition) is 1. The number of carbonyl (C=O) groups is 1. The summed E-state index contributed by atoms with van der Waals surface area (Å²) in [5.74, 6) is -0.729. The molecule has 19 heavy (non-hydrogen) atoms. The molecule has 1 N–H and O–H groups in total. The quantitative estimate of drug-likeness (QED) is 0.821. The highest BCUT2D eigenvalue weighted by molar-refractivity contribution is 6.20. The third-order valence-corrected chi connectivity index (χ3v) is 3.19. The monoisotopic (exact) mass is 293 g/mol. The predicted octanol–water partition coefficient (Wildman–Crippen LogP) is 3.84. The van der Waals surface area contributed by atoms with Gasteiger partial charge in [0.2, 0.25) is 0 Å². The third kappa shape index (κ3) is 4.74. The SMILES string of the molecule is CCC(Cl)CCNC(=O)c1ccccc1C(F)(F)F. The van der Waals surface area contributed by atoms with E-state index in [0.717, 1.165) is 18.6 Å². The Bertz CT molecular complexity index is 434. The van der Waals surface area contributed by atoms with Crippen LogP contribution in [0.5, 0.6) is 0 Å². The lowest BCUT2D eigenvalue weighted by atomic mass is 10.1. The van der Waals surface area contributed by atoms with Gasteiger partial charge in [0.1, 0.15) is 0 Å². The Morgan fingerprint density at radius 2 is 2.00 bits per heavy atom. The number of halogens is 4. The van der Waals surface area contributed by atoms with E-state index in [1.807, 2.05) is 6.92 Å². The molecule has 0 saturated heterocycles. The van der Waals surface area contributed by atoms with Crippen molar-refractivity contribution in [2.45, 2.75) is 31.3 Å². The van der Waals surface area contributed by atoms with E-state index in [4.69, 9.17) is 11.6 Å². The van der Waals surface area contributed by atoms with Gasteiger partial charge >= 0.3 is 6.18 Å². The van der Waals surface area contributed by atoms with Gasteiger partial charge < -0.3 is 5.32 Å². The van der Waals surface area contributed by atoms with Crippen LogP contribution in [0.15, 0.2) is 24.3 Å². The molecule has 1 atom stereocenters. The molecule has 106 valence electrons. The van der Waals surface area contributed by atoms with Crippen LogP contribution in [0, 0.1) is 0 Å². The molecular weight excluding hydrogens is 279 g/mol. The van der Waals surface area contributed by atoms with Gasteiger partial charge in [0.15, 0.2) is 0 Å². The number of nitrogens with one attached hydrogen (secondary N) is 1. The Kier molecular flexibility index (Phi) is 5.66. The van der Waals surface area contributed by atoms with Crippen LogP contribution in [-0.2, 0) is 6.18 Å². The summed E-state index contributed by atoms with van der Waals surface area (Å²) in [4.78, 5) is 11.7. The van der Waals surface area contributed by atoms with Crippen LogP contribution in [0.2, 0.25) is 0 Å².